The van der Waals surface area contributed by atoms with Crippen LogP contribution in [-0.2, 0) is 10.3 Å². The number of thioether (sulfide) groups is 1. The third-order valence-electron chi connectivity index (χ3n) is 5.68. The van der Waals surface area contributed by atoms with Gasteiger partial charge in [0.1, 0.15) is 40.2 Å². The fraction of sp³-hybridized carbons (Fsp3) is 0.435. The topological polar surface area (TPSA) is 123 Å². The highest BCUT2D eigenvalue weighted by Gasteiger charge is 2.42. The molecule has 11 heteroatoms. The smallest absolute Gasteiger partial charge is 0.275 e. The van der Waals surface area contributed by atoms with Crippen LogP contribution in [0.5, 0.6) is 0 Å². The van der Waals surface area contributed by atoms with Gasteiger partial charge in [0.25, 0.3) is 5.91 Å². The number of hydrogen-bond donors (Lipinski definition) is 2. The van der Waals surface area contributed by atoms with Crippen molar-refractivity contribution in [2.75, 3.05) is 17.6 Å². The Morgan fingerprint density at radius 1 is 1.32 bits per heavy atom. The second kappa shape index (κ2) is 10.4. The van der Waals surface area contributed by atoms with Gasteiger partial charge in [-0.15, -0.1) is 11.8 Å². The van der Waals surface area contributed by atoms with Gasteiger partial charge >= 0.3 is 0 Å². The third-order valence-corrected chi connectivity index (χ3v) is 7.43. The summed E-state index contributed by atoms with van der Waals surface area (Å²) in [5.74, 6) is -0.764. The van der Waals surface area contributed by atoms with Crippen LogP contribution in [0.15, 0.2) is 34.4 Å². The van der Waals surface area contributed by atoms with Crippen LogP contribution in [0, 0.1) is 18.6 Å². The van der Waals surface area contributed by atoms with E-state index in [1.54, 1.807) is 25.6 Å². The molecule has 1 amide bonds. The quantitative estimate of drug-likeness (QED) is 0.330. The second-order valence-corrected chi connectivity index (χ2v) is 10.00. The van der Waals surface area contributed by atoms with Crippen molar-refractivity contribution in [2.45, 2.75) is 50.3 Å². The molecule has 0 spiro atoms. The SMILES string of the molecule is Cc1cc(F)cnc1C(=O)Nc1ccc(F)c(C2(C)CSC(C)(CCCCN=C=O)C(N)=N2)n1. The van der Waals surface area contributed by atoms with Crippen molar-refractivity contribution >= 4 is 35.4 Å². The van der Waals surface area contributed by atoms with Crippen LogP contribution in [0.4, 0.5) is 14.6 Å². The van der Waals surface area contributed by atoms with Gasteiger partial charge in [-0.3, -0.25) is 9.79 Å². The Hall–Kier alpha value is -3.17. The first-order valence-electron chi connectivity index (χ1n) is 10.7. The van der Waals surface area contributed by atoms with Gasteiger partial charge < -0.3 is 11.1 Å². The Morgan fingerprint density at radius 2 is 2.09 bits per heavy atom. The normalized spacial score (nSPS) is 22.0. The Labute approximate surface area is 200 Å². The van der Waals surface area contributed by atoms with Crippen LogP contribution >= 0.6 is 11.8 Å². The van der Waals surface area contributed by atoms with Crippen molar-refractivity contribution in [3.63, 3.8) is 0 Å². The maximum absolute atomic E-state index is 14.8. The number of pyridine rings is 2. The number of anilines is 1. The minimum absolute atomic E-state index is 0.0466. The fourth-order valence-corrected chi connectivity index (χ4v) is 4.94. The molecule has 3 heterocycles. The molecule has 2 atom stereocenters. The number of amides is 1. The van der Waals surface area contributed by atoms with E-state index in [0.717, 1.165) is 25.5 Å². The van der Waals surface area contributed by atoms with Crippen LogP contribution in [0.3, 0.4) is 0 Å². The first-order valence-corrected chi connectivity index (χ1v) is 11.7. The largest absolute Gasteiger partial charge is 0.386 e. The summed E-state index contributed by atoms with van der Waals surface area (Å²) in [6, 6.07) is 3.76. The van der Waals surface area contributed by atoms with E-state index < -0.39 is 27.8 Å². The lowest BCUT2D eigenvalue weighted by Crippen LogP contribution is -2.47. The number of rotatable bonds is 8. The molecular weight excluding hydrogens is 462 g/mol. The number of nitrogens with two attached hydrogens (primary N) is 1. The zero-order valence-electron chi connectivity index (χ0n) is 19.2. The highest BCUT2D eigenvalue weighted by atomic mass is 32.2. The van der Waals surface area contributed by atoms with Gasteiger partial charge in [-0.25, -0.2) is 28.5 Å². The van der Waals surface area contributed by atoms with Crippen LogP contribution in [-0.4, -0.2) is 44.8 Å². The van der Waals surface area contributed by atoms with Crippen molar-refractivity contribution in [3.8, 4) is 0 Å². The molecular formula is C23H26F2N6O2S. The van der Waals surface area contributed by atoms with Gasteiger partial charge in [0, 0.05) is 5.75 Å². The van der Waals surface area contributed by atoms with E-state index in [9.17, 15) is 18.4 Å². The number of aryl methyl sites for hydroxylation is 1. The number of carbonyl (C=O) groups excluding carboxylic acids is 2. The molecule has 2 aromatic rings. The van der Waals surface area contributed by atoms with E-state index in [1.807, 2.05) is 6.92 Å². The molecule has 0 bridgehead atoms. The summed E-state index contributed by atoms with van der Waals surface area (Å²) in [7, 11) is 0. The maximum Gasteiger partial charge on any atom is 0.275 e. The maximum atomic E-state index is 14.8. The molecule has 0 fully saturated rings. The molecule has 3 N–H and O–H groups in total. The summed E-state index contributed by atoms with van der Waals surface area (Å²) in [4.78, 5) is 39.1. The molecule has 0 radical (unpaired) electrons. The molecule has 1 aliphatic heterocycles. The van der Waals surface area contributed by atoms with Crippen LogP contribution < -0.4 is 11.1 Å². The third kappa shape index (κ3) is 5.66. The van der Waals surface area contributed by atoms with Crippen LogP contribution in [0.2, 0.25) is 0 Å². The van der Waals surface area contributed by atoms with E-state index in [2.05, 4.69) is 25.3 Å². The predicted octanol–water partition coefficient (Wildman–Crippen LogP) is 3.90. The highest BCUT2D eigenvalue weighted by molar-refractivity contribution is 8.01. The minimum atomic E-state index is -1.04. The van der Waals surface area contributed by atoms with E-state index in [4.69, 9.17) is 5.73 Å². The van der Waals surface area contributed by atoms with Gasteiger partial charge in [0.15, 0.2) is 0 Å². The number of nitrogens with zero attached hydrogens (tertiary/aromatic N) is 4. The lowest BCUT2D eigenvalue weighted by molar-refractivity contribution is 0.102. The number of nitrogens with one attached hydrogen (secondary N) is 1. The molecule has 2 unspecified atom stereocenters. The minimum Gasteiger partial charge on any atom is -0.386 e. The summed E-state index contributed by atoms with van der Waals surface area (Å²) in [5, 5.41) is 2.59. The van der Waals surface area contributed by atoms with Crippen molar-refractivity contribution in [3.05, 3.63) is 53.0 Å². The van der Waals surface area contributed by atoms with Gasteiger partial charge in [0.2, 0.25) is 6.08 Å². The Balaban J connectivity index is 1.80. The summed E-state index contributed by atoms with van der Waals surface area (Å²) in [6.45, 7) is 5.71. The van der Waals surface area contributed by atoms with Gasteiger partial charge in [0.05, 0.1) is 17.5 Å². The number of hydrogen-bond acceptors (Lipinski definition) is 8. The van der Waals surface area contributed by atoms with Crippen molar-refractivity contribution in [2.24, 2.45) is 15.7 Å². The number of isocyanates is 1. The number of carbonyl (C=O) groups is 1. The summed E-state index contributed by atoms with van der Waals surface area (Å²) in [5.41, 5.74) is 5.76. The highest BCUT2D eigenvalue weighted by Crippen LogP contribution is 2.43. The Kier molecular flexibility index (Phi) is 7.78. The molecule has 34 heavy (non-hydrogen) atoms. The number of unbranched alkanes of at least 4 members (excludes halogenated alkanes) is 1. The first kappa shape index (κ1) is 25.5. The fourth-order valence-electron chi connectivity index (χ4n) is 3.65. The zero-order chi connectivity index (χ0) is 24.9. The van der Waals surface area contributed by atoms with Crippen molar-refractivity contribution in [1.82, 2.24) is 9.97 Å². The molecule has 0 saturated heterocycles. The van der Waals surface area contributed by atoms with Gasteiger partial charge in [-0.1, -0.05) is 0 Å². The number of aliphatic imine (C=N–C) groups is 2. The molecule has 3 rings (SSSR count). The monoisotopic (exact) mass is 488 g/mol. The second-order valence-electron chi connectivity index (χ2n) is 8.52. The number of halogens is 2. The molecule has 2 aromatic heterocycles. The summed E-state index contributed by atoms with van der Waals surface area (Å²) in [6.07, 6.45) is 4.74. The van der Waals surface area contributed by atoms with Crippen LogP contribution in [0.1, 0.15) is 54.9 Å². The lowest BCUT2D eigenvalue weighted by atomic mass is 9.96. The number of aromatic nitrogens is 2. The lowest BCUT2D eigenvalue weighted by Gasteiger charge is -2.39. The summed E-state index contributed by atoms with van der Waals surface area (Å²) >= 11 is 1.56. The standard InChI is InChI=1S/C23H26F2N6O2S/c1-14-10-15(24)11-28-18(14)20(33)30-17-7-6-16(25)19(29-17)22(2)12-34-23(3,21(26)31-22)8-4-5-9-27-13-32/h6-7,10-11H,4-5,8-9,12H2,1-3H3,(H2,26,31)(H,29,30,33). The average molecular weight is 489 g/mol. The van der Waals surface area contributed by atoms with Crippen LogP contribution in [0.25, 0.3) is 0 Å². The predicted molar refractivity (Wildman–Crippen MR) is 128 cm³/mol. The Bertz CT molecular complexity index is 1170. The van der Waals surface area contributed by atoms with Crippen molar-refractivity contribution in [1.29, 1.82) is 0 Å². The molecule has 180 valence electrons. The van der Waals surface area contributed by atoms with E-state index in [-0.39, 0.29) is 17.2 Å². The molecule has 8 nitrogen and oxygen atoms in total. The molecule has 0 aliphatic carbocycles. The van der Waals surface area contributed by atoms with E-state index in [1.165, 1.54) is 24.3 Å². The van der Waals surface area contributed by atoms with E-state index >= 15 is 0 Å². The average Bonchev–Trinajstić information content (AvgIpc) is 2.78. The Morgan fingerprint density at radius 3 is 2.76 bits per heavy atom. The first-order chi connectivity index (χ1) is 16.1. The summed E-state index contributed by atoms with van der Waals surface area (Å²) < 4.78 is 27.7. The zero-order valence-corrected chi connectivity index (χ0v) is 20.0. The van der Waals surface area contributed by atoms with Gasteiger partial charge in [-0.2, -0.15) is 0 Å². The molecule has 0 saturated carbocycles. The number of amidine groups is 1. The van der Waals surface area contributed by atoms with Gasteiger partial charge in [-0.05, 0) is 63.8 Å². The molecule has 1 aliphatic rings. The van der Waals surface area contributed by atoms with E-state index in [0.29, 0.717) is 23.7 Å². The van der Waals surface area contributed by atoms with Crippen molar-refractivity contribution < 1.29 is 18.4 Å². The molecule has 0 aromatic carbocycles.